The number of nitrogens with two attached hydrogens (primary N) is 1. The lowest BCUT2D eigenvalue weighted by molar-refractivity contribution is -0.123. The summed E-state index contributed by atoms with van der Waals surface area (Å²) in [6.07, 6.45) is 2.64. The molecule has 86 valence electrons. The van der Waals surface area contributed by atoms with Gasteiger partial charge in [0.05, 0.1) is 5.54 Å². The molecule has 0 spiro atoms. The van der Waals surface area contributed by atoms with Gasteiger partial charge in [0, 0.05) is 5.69 Å². The van der Waals surface area contributed by atoms with E-state index < -0.39 is 5.54 Å². The summed E-state index contributed by atoms with van der Waals surface area (Å²) in [5.41, 5.74) is 8.48. The van der Waals surface area contributed by atoms with Gasteiger partial charge in [0.15, 0.2) is 0 Å². The Hall–Kier alpha value is -1.35. The molecule has 0 heterocycles. The number of hydrogen-bond donors (Lipinski definition) is 2. The lowest BCUT2D eigenvalue weighted by atomic mass is 9.77. The van der Waals surface area contributed by atoms with Crippen molar-refractivity contribution in [3.05, 3.63) is 29.3 Å². The number of nitrogens with one attached hydrogen (secondary N) is 1. The first kappa shape index (κ1) is 11.1. The van der Waals surface area contributed by atoms with Crippen LogP contribution < -0.4 is 11.1 Å². The molecule has 1 aromatic rings. The monoisotopic (exact) mass is 218 g/mol. The molecule has 1 aromatic carbocycles. The zero-order chi connectivity index (χ0) is 11.8. The highest BCUT2D eigenvalue weighted by atomic mass is 16.2. The zero-order valence-corrected chi connectivity index (χ0v) is 9.84. The van der Waals surface area contributed by atoms with Gasteiger partial charge in [-0.2, -0.15) is 0 Å². The predicted molar refractivity (Wildman–Crippen MR) is 65.3 cm³/mol. The van der Waals surface area contributed by atoms with Crippen molar-refractivity contribution in [2.45, 2.75) is 38.6 Å². The highest BCUT2D eigenvalue weighted by Gasteiger charge is 2.40. The highest BCUT2D eigenvalue weighted by molar-refractivity contribution is 5.99. The van der Waals surface area contributed by atoms with Crippen LogP contribution in [0.4, 0.5) is 5.69 Å². The van der Waals surface area contributed by atoms with Gasteiger partial charge < -0.3 is 11.1 Å². The Morgan fingerprint density at radius 3 is 2.56 bits per heavy atom. The third kappa shape index (κ3) is 1.95. The van der Waals surface area contributed by atoms with Crippen LogP contribution in [0.3, 0.4) is 0 Å². The van der Waals surface area contributed by atoms with E-state index in [1.54, 1.807) is 0 Å². The van der Waals surface area contributed by atoms with E-state index >= 15 is 0 Å². The molecule has 0 aliphatic heterocycles. The van der Waals surface area contributed by atoms with E-state index in [0.29, 0.717) is 0 Å². The molecule has 2 rings (SSSR count). The number of carbonyl (C=O) groups is 1. The minimum absolute atomic E-state index is 0.0503. The molecule has 3 nitrogen and oxygen atoms in total. The topological polar surface area (TPSA) is 55.1 Å². The Morgan fingerprint density at radius 2 is 2.06 bits per heavy atom. The van der Waals surface area contributed by atoms with Crippen molar-refractivity contribution in [1.82, 2.24) is 0 Å². The van der Waals surface area contributed by atoms with Crippen LogP contribution in [0.1, 0.15) is 30.4 Å². The second kappa shape index (κ2) is 3.91. The normalized spacial score (nSPS) is 17.7. The first-order valence-electron chi connectivity index (χ1n) is 5.69. The van der Waals surface area contributed by atoms with Crippen molar-refractivity contribution in [3.63, 3.8) is 0 Å². The number of carbonyl (C=O) groups excluding carboxylic acids is 1. The predicted octanol–water partition coefficient (Wildman–Crippen LogP) is 2.12. The summed E-state index contributed by atoms with van der Waals surface area (Å²) in [5, 5.41) is 2.92. The lowest BCUT2D eigenvalue weighted by Crippen LogP contribution is -2.56. The van der Waals surface area contributed by atoms with Gasteiger partial charge in [-0.25, -0.2) is 0 Å². The van der Waals surface area contributed by atoms with Crippen molar-refractivity contribution < 1.29 is 4.79 Å². The Bertz CT molecular complexity index is 422. The summed E-state index contributed by atoms with van der Waals surface area (Å²) >= 11 is 0. The fourth-order valence-electron chi connectivity index (χ4n) is 1.99. The number of rotatable bonds is 2. The van der Waals surface area contributed by atoms with Gasteiger partial charge in [0.2, 0.25) is 5.91 Å². The van der Waals surface area contributed by atoms with Crippen molar-refractivity contribution in [2.24, 2.45) is 5.73 Å². The van der Waals surface area contributed by atoms with Crippen molar-refractivity contribution in [1.29, 1.82) is 0 Å². The zero-order valence-electron chi connectivity index (χ0n) is 9.84. The Balaban J connectivity index is 2.12. The second-order valence-corrected chi connectivity index (χ2v) is 4.78. The Morgan fingerprint density at radius 1 is 1.38 bits per heavy atom. The van der Waals surface area contributed by atoms with Gasteiger partial charge in [-0.05, 0) is 44.7 Å². The molecule has 1 aliphatic carbocycles. The van der Waals surface area contributed by atoms with Crippen molar-refractivity contribution >= 4 is 11.6 Å². The van der Waals surface area contributed by atoms with Gasteiger partial charge in [-0.15, -0.1) is 0 Å². The van der Waals surface area contributed by atoms with Crippen LogP contribution >= 0.6 is 0 Å². The number of hydrogen-bond acceptors (Lipinski definition) is 2. The maximum absolute atomic E-state index is 11.9. The molecule has 0 unspecified atom stereocenters. The minimum Gasteiger partial charge on any atom is -0.324 e. The Labute approximate surface area is 96.0 Å². The van der Waals surface area contributed by atoms with Gasteiger partial charge >= 0.3 is 0 Å². The molecule has 3 N–H and O–H groups in total. The molecule has 0 bridgehead atoms. The molecule has 1 amide bonds. The largest absolute Gasteiger partial charge is 0.324 e. The van der Waals surface area contributed by atoms with Crippen LogP contribution in [-0.4, -0.2) is 11.4 Å². The summed E-state index contributed by atoms with van der Waals surface area (Å²) in [6.45, 7) is 4.03. The molecule has 1 saturated carbocycles. The lowest BCUT2D eigenvalue weighted by Gasteiger charge is -2.36. The molecular formula is C13H18N2O. The summed E-state index contributed by atoms with van der Waals surface area (Å²) in [6, 6.07) is 5.98. The summed E-state index contributed by atoms with van der Waals surface area (Å²) in [4.78, 5) is 11.9. The van der Waals surface area contributed by atoms with Crippen LogP contribution in [0.15, 0.2) is 18.2 Å². The molecule has 0 saturated heterocycles. The van der Waals surface area contributed by atoms with Crippen LogP contribution in [0.2, 0.25) is 0 Å². The van der Waals surface area contributed by atoms with Gasteiger partial charge in [-0.3, -0.25) is 4.79 Å². The first-order chi connectivity index (χ1) is 7.51. The highest BCUT2D eigenvalue weighted by Crippen LogP contribution is 2.30. The van der Waals surface area contributed by atoms with E-state index in [2.05, 4.69) is 11.4 Å². The van der Waals surface area contributed by atoms with Crippen molar-refractivity contribution in [3.8, 4) is 0 Å². The minimum atomic E-state index is -0.628. The molecule has 0 aromatic heterocycles. The number of benzene rings is 1. The van der Waals surface area contributed by atoms with E-state index in [0.717, 1.165) is 30.5 Å². The third-order valence-corrected chi connectivity index (χ3v) is 3.33. The smallest absolute Gasteiger partial charge is 0.244 e. The fraction of sp³-hybridized carbons (Fsp3) is 0.462. The fourth-order valence-corrected chi connectivity index (χ4v) is 1.99. The van der Waals surface area contributed by atoms with E-state index in [1.807, 2.05) is 26.0 Å². The maximum atomic E-state index is 11.9. The van der Waals surface area contributed by atoms with Crippen LogP contribution in [0, 0.1) is 13.8 Å². The summed E-state index contributed by atoms with van der Waals surface area (Å²) < 4.78 is 0. The van der Waals surface area contributed by atoms with Crippen LogP contribution in [0.5, 0.6) is 0 Å². The number of amides is 1. The third-order valence-electron chi connectivity index (χ3n) is 3.33. The van der Waals surface area contributed by atoms with E-state index in [9.17, 15) is 4.79 Å². The van der Waals surface area contributed by atoms with E-state index in [1.165, 1.54) is 5.56 Å². The summed E-state index contributed by atoms with van der Waals surface area (Å²) in [7, 11) is 0. The SMILES string of the molecule is Cc1ccc(NC(=O)C2(N)CCC2)c(C)c1. The second-order valence-electron chi connectivity index (χ2n) is 4.78. The standard InChI is InChI=1S/C13H18N2O/c1-9-4-5-11(10(2)8-9)15-12(16)13(14)6-3-7-13/h4-5,8H,3,6-7,14H2,1-2H3,(H,15,16). The van der Waals surface area contributed by atoms with E-state index in [-0.39, 0.29) is 5.91 Å². The number of anilines is 1. The van der Waals surface area contributed by atoms with Crippen molar-refractivity contribution in [2.75, 3.05) is 5.32 Å². The summed E-state index contributed by atoms with van der Waals surface area (Å²) in [5.74, 6) is -0.0503. The molecule has 16 heavy (non-hydrogen) atoms. The molecule has 3 heteroatoms. The average molecular weight is 218 g/mol. The van der Waals surface area contributed by atoms with E-state index in [4.69, 9.17) is 5.73 Å². The number of aryl methyl sites for hydroxylation is 2. The van der Waals surface area contributed by atoms with Gasteiger partial charge in [0.1, 0.15) is 0 Å². The Kier molecular flexibility index (Phi) is 2.72. The average Bonchev–Trinajstić information content (AvgIpc) is 2.18. The van der Waals surface area contributed by atoms with Gasteiger partial charge in [-0.1, -0.05) is 17.7 Å². The van der Waals surface area contributed by atoms with Crippen LogP contribution in [-0.2, 0) is 4.79 Å². The van der Waals surface area contributed by atoms with Crippen LogP contribution in [0.25, 0.3) is 0 Å². The molecular weight excluding hydrogens is 200 g/mol. The molecule has 1 fully saturated rings. The first-order valence-corrected chi connectivity index (χ1v) is 5.69. The molecule has 0 atom stereocenters. The maximum Gasteiger partial charge on any atom is 0.244 e. The molecule has 0 radical (unpaired) electrons. The van der Waals surface area contributed by atoms with Gasteiger partial charge in [0.25, 0.3) is 0 Å². The molecule has 1 aliphatic rings. The quantitative estimate of drug-likeness (QED) is 0.799.